The van der Waals surface area contributed by atoms with E-state index >= 15 is 0 Å². The Morgan fingerprint density at radius 2 is 2.06 bits per heavy atom. The second kappa shape index (κ2) is 5.82. The molecule has 17 heavy (non-hydrogen) atoms. The summed E-state index contributed by atoms with van der Waals surface area (Å²) in [6.45, 7) is 9.18. The summed E-state index contributed by atoms with van der Waals surface area (Å²) in [7, 11) is 0. The average Bonchev–Trinajstić information content (AvgIpc) is 2.78. The van der Waals surface area contributed by atoms with Gasteiger partial charge in [0.25, 0.3) is 0 Å². The van der Waals surface area contributed by atoms with E-state index in [2.05, 4.69) is 4.98 Å². The minimum Gasteiger partial charge on any atom is -0.341 e. The van der Waals surface area contributed by atoms with Crippen LogP contribution in [0.25, 0.3) is 0 Å². The Bertz CT molecular complexity index is 368. The van der Waals surface area contributed by atoms with Crippen LogP contribution in [0.3, 0.4) is 0 Å². The normalized spacial score (nSPS) is 14.4. The molecule has 1 amide bonds. The Morgan fingerprint density at radius 3 is 2.53 bits per heavy atom. The topological polar surface area (TPSA) is 64.2 Å². The molecule has 0 fully saturated rings. The lowest BCUT2D eigenvalue weighted by Crippen LogP contribution is -2.36. The predicted octanol–water partition coefficient (Wildman–Crippen LogP) is 1.33. The average molecular weight is 238 g/mol. The lowest BCUT2D eigenvalue weighted by Gasteiger charge is -2.25. The molecule has 0 spiro atoms. The first kappa shape index (κ1) is 13.7. The Hall–Kier alpha value is -1.36. The van der Waals surface area contributed by atoms with E-state index in [9.17, 15) is 4.79 Å². The zero-order valence-corrected chi connectivity index (χ0v) is 11.1. The van der Waals surface area contributed by atoms with Gasteiger partial charge in [0, 0.05) is 25.3 Å². The monoisotopic (exact) mass is 238 g/mol. The van der Waals surface area contributed by atoms with Crippen LogP contribution in [0.2, 0.25) is 0 Å². The first-order valence-electron chi connectivity index (χ1n) is 6.08. The lowest BCUT2D eigenvalue weighted by molar-refractivity contribution is -0.133. The van der Waals surface area contributed by atoms with Crippen molar-refractivity contribution >= 4 is 5.91 Å². The standard InChI is InChI=1S/C12H22N4O/c1-5-15(6-2)12(17)10(4)16-8-14-7-11(16)9(3)13/h7-10H,5-6,13H2,1-4H3. The smallest absolute Gasteiger partial charge is 0.245 e. The minimum absolute atomic E-state index is 0.106. The summed E-state index contributed by atoms with van der Waals surface area (Å²) in [4.78, 5) is 18.1. The molecule has 0 aliphatic rings. The number of likely N-dealkylation sites (N-methyl/N-ethyl adjacent to an activating group) is 1. The molecule has 0 radical (unpaired) electrons. The summed E-state index contributed by atoms with van der Waals surface area (Å²) in [6, 6.07) is -0.372. The molecule has 1 aromatic heterocycles. The van der Waals surface area contributed by atoms with Crippen molar-refractivity contribution in [3.63, 3.8) is 0 Å². The molecule has 0 aromatic carbocycles. The number of imidazole rings is 1. The van der Waals surface area contributed by atoms with Crippen LogP contribution in [0, 0.1) is 0 Å². The maximum Gasteiger partial charge on any atom is 0.245 e. The summed E-state index contributed by atoms with van der Waals surface area (Å²) in [5, 5.41) is 0. The van der Waals surface area contributed by atoms with Gasteiger partial charge in [0.1, 0.15) is 6.04 Å². The van der Waals surface area contributed by atoms with E-state index in [0.717, 1.165) is 18.8 Å². The number of carbonyl (C=O) groups excluding carboxylic acids is 1. The van der Waals surface area contributed by atoms with Crippen LogP contribution < -0.4 is 5.73 Å². The Balaban J connectivity index is 2.92. The van der Waals surface area contributed by atoms with Crippen molar-refractivity contribution in [1.82, 2.24) is 14.5 Å². The number of nitrogens with zero attached hydrogens (tertiary/aromatic N) is 3. The zero-order valence-electron chi connectivity index (χ0n) is 11.1. The van der Waals surface area contributed by atoms with E-state index in [1.807, 2.05) is 37.2 Å². The maximum atomic E-state index is 12.2. The van der Waals surface area contributed by atoms with Gasteiger partial charge in [-0.25, -0.2) is 4.98 Å². The Morgan fingerprint density at radius 1 is 1.47 bits per heavy atom. The van der Waals surface area contributed by atoms with E-state index in [0.29, 0.717) is 0 Å². The second-order valence-corrected chi connectivity index (χ2v) is 4.20. The van der Waals surface area contributed by atoms with Crippen LogP contribution in [-0.2, 0) is 4.79 Å². The minimum atomic E-state index is -0.251. The first-order valence-corrected chi connectivity index (χ1v) is 6.08. The van der Waals surface area contributed by atoms with Crippen molar-refractivity contribution in [2.24, 2.45) is 5.73 Å². The summed E-state index contributed by atoms with van der Waals surface area (Å²) in [5.74, 6) is 0.106. The fraction of sp³-hybridized carbons (Fsp3) is 0.667. The number of aromatic nitrogens is 2. The highest BCUT2D eigenvalue weighted by Crippen LogP contribution is 2.17. The van der Waals surface area contributed by atoms with Crippen LogP contribution in [0.1, 0.15) is 45.5 Å². The maximum absolute atomic E-state index is 12.2. The molecule has 5 nitrogen and oxygen atoms in total. The molecule has 2 unspecified atom stereocenters. The summed E-state index contributed by atoms with van der Waals surface area (Å²) in [5.41, 5.74) is 6.74. The third-order valence-corrected chi connectivity index (χ3v) is 3.01. The second-order valence-electron chi connectivity index (χ2n) is 4.20. The molecule has 2 atom stereocenters. The lowest BCUT2D eigenvalue weighted by atomic mass is 10.2. The van der Waals surface area contributed by atoms with Gasteiger partial charge in [-0.05, 0) is 27.7 Å². The van der Waals surface area contributed by atoms with E-state index in [4.69, 9.17) is 5.73 Å². The van der Waals surface area contributed by atoms with Gasteiger partial charge in [-0.15, -0.1) is 0 Å². The van der Waals surface area contributed by atoms with E-state index in [1.54, 1.807) is 12.5 Å². The number of nitrogens with two attached hydrogens (primary N) is 1. The molecule has 1 heterocycles. The predicted molar refractivity (Wildman–Crippen MR) is 67.5 cm³/mol. The summed E-state index contributed by atoms with van der Waals surface area (Å²) < 4.78 is 1.85. The quantitative estimate of drug-likeness (QED) is 0.841. The Labute approximate surface area is 103 Å². The number of amides is 1. The SMILES string of the molecule is CCN(CC)C(=O)C(C)n1cncc1C(C)N. The zero-order chi connectivity index (χ0) is 13.0. The number of hydrogen-bond acceptors (Lipinski definition) is 3. The van der Waals surface area contributed by atoms with Gasteiger partial charge in [-0.3, -0.25) is 4.79 Å². The van der Waals surface area contributed by atoms with Gasteiger partial charge in [-0.2, -0.15) is 0 Å². The molecule has 2 N–H and O–H groups in total. The molecule has 96 valence electrons. The third-order valence-electron chi connectivity index (χ3n) is 3.01. The molecule has 0 aliphatic carbocycles. The molecule has 5 heteroatoms. The van der Waals surface area contributed by atoms with Gasteiger partial charge in [0.05, 0.1) is 12.0 Å². The van der Waals surface area contributed by atoms with Crippen molar-refractivity contribution < 1.29 is 4.79 Å². The van der Waals surface area contributed by atoms with E-state index < -0.39 is 0 Å². The fourth-order valence-electron chi connectivity index (χ4n) is 1.91. The molecule has 0 saturated heterocycles. The van der Waals surface area contributed by atoms with Gasteiger partial charge in [0.15, 0.2) is 0 Å². The molecule has 0 aliphatic heterocycles. The fourth-order valence-corrected chi connectivity index (χ4v) is 1.91. The van der Waals surface area contributed by atoms with Crippen molar-refractivity contribution in [3.05, 3.63) is 18.2 Å². The van der Waals surface area contributed by atoms with Gasteiger partial charge in [0.2, 0.25) is 5.91 Å². The number of hydrogen-bond donors (Lipinski definition) is 1. The molecule has 0 bridgehead atoms. The Kier molecular flexibility index (Phi) is 4.69. The molecular weight excluding hydrogens is 216 g/mol. The third kappa shape index (κ3) is 2.85. The van der Waals surface area contributed by atoms with Crippen LogP contribution in [-0.4, -0.2) is 33.4 Å². The van der Waals surface area contributed by atoms with Crippen molar-refractivity contribution in [2.75, 3.05) is 13.1 Å². The van der Waals surface area contributed by atoms with Crippen molar-refractivity contribution in [1.29, 1.82) is 0 Å². The van der Waals surface area contributed by atoms with Gasteiger partial charge in [-0.1, -0.05) is 0 Å². The molecule has 1 aromatic rings. The number of rotatable bonds is 5. The van der Waals surface area contributed by atoms with E-state index in [-0.39, 0.29) is 18.0 Å². The summed E-state index contributed by atoms with van der Waals surface area (Å²) in [6.07, 6.45) is 3.39. The van der Waals surface area contributed by atoms with Crippen LogP contribution in [0.15, 0.2) is 12.5 Å². The van der Waals surface area contributed by atoms with Crippen LogP contribution in [0.5, 0.6) is 0 Å². The molecule has 1 rings (SSSR count). The largest absolute Gasteiger partial charge is 0.341 e. The highest BCUT2D eigenvalue weighted by atomic mass is 16.2. The van der Waals surface area contributed by atoms with Crippen molar-refractivity contribution in [2.45, 2.75) is 39.8 Å². The first-order chi connectivity index (χ1) is 8.02. The highest BCUT2D eigenvalue weighted by Gasteiger charge is 2.22. The highest BCUT2D eigenvalue weighted by molar-refractivity contribution is 5.80. The molecular formula is C12H22N4O. The molecule has 0 saturated carbocycles. The van der Waals surface area contributed by atoms with Gasteiger partial charge < -0.3 is 15.2 Å². The van der Waals surface area contributed by atoms with Crippen LogP contribution in [0.4, 0.5) is 0 Å². The van der Waals surface area contributed by atoms with Crippen molar-refractivity contribution in [3.8, 4) is 0 Å². The van der Waals surface area contributed by atoms with E-state index in [1.165, 1.54) is 0 Å². The number of carbonyl (C=O) groups is 1. The van der Waals surface area contributed by atoms with Crippen LogP contribution >= 0.6 is 0 Å². The summed E-state index contributed by atoms with van der Waals surface area (Å²) >= 11 is 0. The van der Waals surface area contributed by atoms with Gasteiger partial charge >= 0.3 is 0 Å².